The number of aromatic nitrogens is 2. The van der Waals surface area contributed by atoms with Crippen LogP contribution in [0.5, 0.6) is 0 Å². The predicted octanol–water partition coefficient (Wildman–Crippen LogP) is 3.88. The lowest BCUT2D eigenvalue weighted by Crippen LogP contribution is -2.10. The van der Waals surface area contributed by atoms with Gasteiger partial charge in [0.25, 0.3) is 0 Å². The molecule has 0 bridgehead atoms. The van der Waals surface area contributed by atoms with Crippen molar-refractivity contribution < 1.29 is 0 Å². The van der Waals surface area contributed by atoms with Crippen molar-refractivity contribution in [2.24, 2.45) is 0 Å². The van der Waals surface area contributed by atoms with Gasteiger partial charge in [-0.05, 0) is 30.3 Å². The van der Waals surface area contributed by atoms with Crippen LogP contribution in [0.1, 0.15) is 0 Å². The molecule has 0 saturated carbocycles. The van der Waals surface area contributed by atoms with Crippen molar-refractivity contribution in [2.45, 2.75) is 0 Å². The van der Waals surface area contributed by atoms with Gasteiger partial charge in [0.15, 0.2) is 0 Å². The largest absolute Gasteiger partial charge is 0.377 e. The van der Waals surface area contributed by atoms with Crippen LogP contribution < -0.4 is 4.90 Å². The van der Waals surface area contributed by atoms with Gasteiger partial charge in [-0.2, -0.15) is 0 Å². The highest BCUT2D eigenvalue weighted by Gasteiger charge is 2.09. The Bertz CT molecular complexity index is 736. The zero-order valence-corrected chi connectivity index (χ0v) is 12.2. The second kappa shape index (κ2) is 5.75. The Balaban J connectivity index is 2.09. The van der Waals surface area contributed by atoms with E-state index in [4.69, 9.17) is 4.98 Å². The molecule has 104 valence electrons. The van der Waals surface area contributed by atoms with E-state index in [9.17, 15) is 0 Å². The third kappa shape index (κ3) is 2.77. The van der Waals surface area contributed by atoms with Crippen LogP contribution in [0.4, 0.5) is 5.69 Å². The standard InChI is InChI=1S/C18H17N3/c1-21(2)18-12-4-3-8-14(18)15-10-7-11-17(20-15)16-9-5-6-13-19-16/h3-13H,1-2H3. The third-order valence-electron chi connectivity index (χ3n) is 3.34. The Hall–Kier alpha value is -2.68. The molecular formula is C18H17N3. The summed E-state index contributed by atoms with van der Waals surface area (Å²) in [5.41, 5.74) is 5.02. The lowest BCUT2D eigenvalue weighted by atomic mass is 10.1. The third-order valence-corrected chi connectivity index (χ3v) is 3.34. The van der Waals surface area contributed by atoms with Crippen molar-refractivity contribution in [2.75, 3.05) is 19.0 Å². The van der Waals surface area contributed by atoms with Gasteiger partial charge < -0.3 is 4.90 Å². The number of benzene rings is 1. The van der Waals surface area contributed by atoms with E-state index in [1.54, 1.807) is 6.20 Å². The van der Waals surface area contributed by atoms with Crippen LogP contribution in [0.2, 0.25) is 0 Å². The SMILES string of the molecule is CN(C)c1ccccc1-c1cccc(-c2ccccn2)n1. The fourth-order valence-corrected chi connectivity index (χ4v) is 2.32. The van der Waals surface area contributed by atoms with Crippen LogP contribution in [0.3, 0.4) is 0 Å². The van der Waals surface area contributed by atoms with Gasteiger partial charge in [-0.3, -0.25) is 4.98 Å². The summed E-state index contributed by atoms with van der Waals surface area (Å²) >= 11 is 0. The van der Waals surface area contributed by atoms with Crippen molar-refractivity contribution in [1.29, 1.82) is 0 Å². The number of anilines is 1. The molecule has 0 unspecified atom stereocenters. The van der Waals surface area contributed by atoms with E-state index in [0.29, 0.717) is 0 Å². The monoisotopic (exact) mass is 275 g/mol. The predicted molar refractivity (Wildman–Crippen MR) is 87.2 cm³/mol. The number of nitrogens with zero attached hydrogens (tertiary/aromatic N) is 3. The van der Waals surface area contributed by atoms with Gasteiger partial charge in [0.05, 0.1) is 17.1 Å². The average molecular weight is 275 g/mol. The van der Waals surface area contributed by atoms with Gasteiger partial charge in [0.2, 0.25) is 0 Å². The topological polar surface area (TPSA) is 29.0 Å². The number of hydrogen-bond acceptors (Lipinski definition) is 3. The van der Waals surface area contributed by atoms with Gasteiger partial charge in [-0.15, -0.1) is 0 Å². The molecule has 2 aromatic heterocycles. The second-order valence-corrected chi connectivity index (χ2v) is 5.03. The Kier molecular flexibility index (Phi) is 3.65. The summed E-state index contributed by atoms with van der Waals surface area (Å²) in [4.78, 5) is 11.2. The fourth-order valence-electron chi connectivity index (χ4n) is 2.32. The van der Waals surface area contributed by atoms with Gasteiger partial charge in [-0.1, -0.05) is 30.3 Å². The Morgan fingerprint density at radius 3 is 2.19 bits per heavy atom. The molecule has 0 aliphatic carbocycles. The number of para-hydroxylation sites is 1. The summed E-state index contributed by atoms with van der Waals surface area (Å²) in [6, 6.07) is 20.2. The van der Waals surface area contributed by atoms with E-state index in [1.807, 2.05) is 62.6 Å². The summed E-state index contributed by atoms with van der Waals surface area (Å²) in [6.45, 7) is 0. The summed E-state index contributed by atoms with van der Waals surface area (Å²) in [7, 11) is 4.09. The molecule has 0 atom stereocenters. The van der Waals surface area contributed by atoms with Gasteiger partial charge in [0, 0.05) is 31.5 Å². The Morgan fingerprint density at radius 2 is 1.43 bits per heavy atom. The van der Waals surface area contributed by atoms with E-state index >= 15 is 0 Å². The van der Waals surface area contributed by atoms with Crippen molar-refractivity contribution in [1.82, 2.24) is 9.97 Å². The van der Waals surface area contributed by atoms with Crippen molar-refractivity contribution in [3.63, 3.8) is 0 Å². The summed E-state index contributed by atoms with van der Waals surface area (Å²) in [5.74, 6) is 0. The summed E-state index contributed by atoms with van der Waals surface area (Å²) < 4.78 is 0. The molecule has 2 heterocycles. The van der Waals surface area contributed by atoms with Gasteiger partial charge >= 0.3 is 0 Å². The van der Waals surface area contributed by atoms with E-state index in [-0.39, 0.29) is 0 Å². The highest BCUT2D eigenvalue weighted by molar-refractivity contribution is 5.77. The maximum Gasteiger partial charge on any atom is 0.0893 e. The Labute approximate surface area is 124 Å². The van der Waals surface area contributed by atoms with Crippen LogP contribution in [-0.4, -0.2) is 24.1 Å². The molecule has 1 aromatic carbocycles. The van der Waals surface area contributed by atoms with Gasteiger partial charge in [0.1, 0.15) is 0 Å². The highest BCUT2D eigenvalue weighted by atomic mass is 15.1. The lowest BCUT2D eigenvalue weighted by molar-refractivity contribution is 1.13. The minimum atomic E-state index is 0.890. The number of hydrogen-bond donors (Lipinski definition) is 0. The summed E-state index contributed by atoms with van der Waals surface area (Å²) in [5, 5.41) is 0. The molecule has 0 aliphatic heterocycles. The van der Waals surface area contributed by atoms with E-state index < -0.39 is 0 Å². The van der Waals surface area contributed by atoms with Crippen LogP contribution in [0, 0.1) is 0 Å². The number of rotatable bonds is 3. The molecule has 21 heavy (non-hydrogen) atoms. The van der Waals surface area contributed by atoms with E-state index in [1.165, 1.54) is 0 Å². The normalized spacial score (nSPS) is 10.4. The fraction of sp³-hybridized carbons (Fsp3) is 0.111. The molecule has 0 fully saturated rings. The van der Waals surface area contributed by atoms with Crippen LogP contribution in [0.15, 0.2) is 66.9 Å². The van der Waals surface area contributed by atoms with E-state index in [0.717, 1.165) is 28.3 Å². The first-order valence-electron chi connectivity index (χ1n) is 6.91. The first-order valence-corrected chi connectivity index (χ1v) is 6.91. The zero-order valence-electron chi connectivity index (χ0n) is 12.2. The first-order chi connectivity index (χ1) is 10.3. The van der Waals surface area contributed by atoms with E-state index in [2.05, 4.69) is 22.0 Å². The molecule has 0 radical (unpaired) electrons. The molecule has 3 nitrogen and oxygen atoms in total. The summed E-state index contributed by atoms with van der Waals surface area (Å²) in [6.07, 6.45) is 1.79. The lowest BCUT2D eigenvalue weighted by Gasteiger charge is -2.17. The molecule has 3 aromatic rings. The van der Waals surface area contributed by atoms with Crippen molar-refractivity contribution in [3.05, 3.63) is 66.9 Å². The molecule has 0 spiro atoms. The molecule has 3 rings (SSSR count). The maximum absolute atomic E-state index is 4.77. The molecule has 0 saturated heterocycles. The molecule has 0 amide bonds. The average Bonchev–Trinajstić information content (AvgIpc) is 2.56. The molecular weight excluding hydrogens is 258 g/mol. The Morgan fingerprint density at radius 1 is 0.714 bits per heavy atom. The number of pyridine rings is 2. The maximum atomic E-state index is 4.77. The minimum Gasteiger partial charge on any atom is -0.377 e. The second-order valence-electron chi connectivity index (χ2n) is 5.03. The van der Waals surface area contributed by atoms with Crippen LogP contribution in [-0.2, 0) is 0 Å². The zero-order chi connectivity index (χ0) is 14.7. The molecule has 3 heteroatoms. The van der Waals surface area contributed by atoms with Gasteiger partial charge in [-0.25, -0.2) is 4.98 Å². The highest BCUT2D eigenvalue weighted by Crippen LogP contribution is 2.29. The van der Waals surface area contributed by atoms with Crippen molar-refractivity contribution >= 4 is 5.69 Å². The smallest absolute Gasteiger partial charge is 0.0893 e. The van der Waals surface area contributed by atoms with Crippen LogP contribution in [0.25, 0.3) is 22.6 Å². The van der Waals surface area contributed by atoms with Crippen LogP contribution >= 0.6 is 0 Å². The molecule has 0 N–H and O–H groups in total. The quantitative estimate of drug-likeness (QED) is 0.726. The minimum absolute atomic E-state index is 0.890. The molecule has 0 aliphatic rings. The first kappa shape index (κ1) is 13.3. The van der Waals surface area contributed by atoms with Crippen molar-refractivity contribution in [3.8, 4) is 22.6 Å².